The van der Waals surface area contributed by atoms with Gasteiger partial charge < -0.3 is 33.8 Å². The highest BCUT2D eigenvalue weighted by Crippen LogP contribution is 2.45. The van der Waals surface area contributed by atoms with E-state index < -0.39 is 97.5 Å². The standard InChI is InChI=1S/C64H124O17P2/c1-8-10-11-12-13-24-31-38-45-61(66)74-51-59(81-64(69)48-41-34-27-19-17-22-29-36-43-56(5)6)53-78-82(70,71)76-49-58(65)50-77-83(72,73)79-54-60(80-63(68)47-40-33-26-16-14-15-21-28-35-42-55(3)4)52-75-62(67)46-39-32-25-20-18-23-30-37-44-57(7)9-2/h55-60,65H,8-54H2,1-7H3,(H,70,71)(H,72,73)/t57?,58-,59+,60+/m0/s1. The Balaban J connectivity index is 5.25. The Kier molecular flexibility index (Phi) is 54.1. The van der Waals surface area contributed by atoms with Gasteiger partial charge in [0.05, 0.1) is 26.4 Å². The van der Waals surface area contributed by atoms with E-state index in [1.165, 1.54) is 116 Å². The minimum Gasteiger partial charge on any atom is -0.462 e. The number of aliphatic hydroxyl groups is 1. The van der Waals surface area contributed by atoms with Crippen molar-refractivity contribution in [3.63, 3.8) is 0 Å². The Labute approximate surface area is 505 Å². The van der Waals surface area contributed by atoms with Gasteiger partial charge in [-0.1, -0.05) is 260 Å². The molecule has 0 aliphatic carbocycles. The molecule has 0 saturated carbocycles. The molecule has 0 fully saturated rings. The zero-order chi connectivity index (χ0) is 61.7. The first-order chi connectivity index (χ1) is 39.8. The van der Waals surface area contributed by atoms with Crippen molar-refractivity contribution in [2.75, 3.05) is 39.6 Å². The molecule has 492 valence electrons. The lowest BCUT2D eigenvalue weighted by Gasteiger charge is -2.21. The van der Waals surface area contributed by atoms with Crippen LogP contribution in [0.5, 0.6) is 0 Å². The summed E-state index contributed by atoms with van der Waals surface area (Å²) in [4.78, 5) is 72.2. The average Bonchev–Trinajstić information content (AvgIpc) is 3.45. The minimum absolute atomic E-state index is 0.104. The van der Waals surface area contributed by atoms with Crippen LogP contribution in [-0.2, 0) is 65.4 Å². The molecule has 0 aliphatic heterocycles. The van der Waals surface area contributed by atoms with Crippen molar-refractivity contribution in [3.8, 4) is 0 Å². The summed E-state index contributed by atoms with van der Waals surface area (Å²) in [6, 6.07) is 0. The van der Waals surface area contributed by atoms with Crippen LogP contribution in [0.25, 0.3) is 0 Å². The second kappa shape index (κ2) is 55.4. The Bertz CT molecular complexity index is 1650. The first-order valence-corrected chi connectivity index (χ1v) is 36.4. The molecular weight excluding hydrogens is 1100 g/mol. The quantitative estimate of drug-likeness (QED) is 0.0222. The molecule has 0 bridgehead atoms. The molecule has 6 atom stereocenters. The highest BCUT2D eigenvalue weighted by Gasteiger charge is 2.30. The summed E-state index contributed by atoms with van der Waals surface area (Å²) in [7, 11) is -9.89. The van der Waals surface area contributed by atoms with Crippen molar-refractivity contribution in [1.82, 2.24) is 0 Å². The van der Waals surface area contributed by atoms with E-state index in [9.17, 15) is 43.2 Å². The van der Waals surface area contributed by atoms with Crippen LogP contribution < -0.4 is 0 Å². The maximum atomic E-state index is 13.0. The van der Waals surface area contributed by atoms with Gasteiger partial charge in [-0.2, -0.15) is 0 Å². The summed E-state index contributed by atoms with van der Waals surface area (Å²) >= 11 is 0. The number of unbranched alkanes of at least 4 members (excludes halogenated alkanes) is 29. The zero-order valence-electron chi connectivity index (χ0n) is 53.6. The largest absolute Gasteiger partial charge is 0.472 e. The van der Waals surface area contributed by atoms with E-state index in [1.807, 2.05) is 0 Å². The van der Waals surface area contributed by atoms with E-state index in [1.54, 1.807) is 0 Å². The molecule has 0 aromatic carbocycles. The number of aliphatic hydroxyl groups excluding tert-OH is 1. The summed E-state index contributed by atoms with van der Waals surface area (Å²) in [5, 5.41) is 10.5. The fourth-order valence-corrected chi connectivity index (χ4v) is 11.0. The van der Waals surface area contributed by atoms with E-state index >= 15 is 0 Å². The summed E-state index contributed by atoms with van der Waals surface area (Å²) in [6.45, 7) is 11.7. The predicted octanol–water partition coefficient (Wildman–Crippen LogP) is 17.5. The molecule has 0 aromatic rings. The van der Waals surface area contributed by atoms with Crippen molar-refractivity contribution < 1.29 is 80.2 Å². The number of hydrogen-bond donors (Lipinski definition) is 3. The molecule has 19 heteroatoms. The van der Waals surface area contributed by atoms with Crippen LogP contribution in [0.4, 0.5) is 0 Å². The normalized spacial score (nSPS) is 14.7. The second-order valence-electron chi connectivity index (χ2n) is 24.3. The van der Waals surface area contributed by atoms with E-state index in [4.69, 9.17) is 37.0 Å². The Morgan fingerprint density at radius 1 is 0.349 bits per heavy atom. The predicted molar refractivity (Wildman–Crippen MR) is 331 cm³/mol. The fraction of sp³-hybridized carbons (Fsp3) is 0.938. The molecule has 3 N–H and O–H groups in total. The summed E-state index contributed by atoms with van der Waals surface area (Å²) in [6.07, 6.45) is 36.2. The van der Waals surface area contributed by atoms with E-state index in [-0.39, 0.29) is 25.7 Å². The van der Waals surface area contributed by atoms with Crippen LogP contribution in [0.15, 0.2) is 0 Å². The van der Waals surface area contributed by atoms with Crippen molar-refractivity contribution >= 4 is 39.5 Å². The molecule has 0 rings (SSSR count). The molecule has 0 saturated heterocycles. The number of esters is 4. The molecule has 0 heterocycles. The number of phosphoric acid groups is 2. The number of ether oxygens (including phenoxy) is 4. The lowest BCUT2D eigenvalue weighted by Crippen LogP contribution is -2.30. The fourth-order valence-electron chi connectivity index (χ4n) is 9.45. The topological polar surface area (TPSA) is 237 Å². The lowest BCUT2D eigenvalue weighted by atomic mass is 9.99. The van der Waals surface area contributed by atoms with Gasteiger partial charge in [0, 0.05) is 25.7 Å². The second-order valence-corrected chi connectivity index (χ2v) is 27.3. The molecule has 0 spiro atoms. The van der Waals surface area contributed by atoms with Gasteiger partial charge in [0.15, 0.2) is 12.2 Å². The molecule has 0 amide bonds. The Morgan fingerprint density at radius 3 is 0.916 bits per heavy atom. The van der Waals surface area contributed by atoms with Gasteiger partial charge in [-0.05, 0) is 43.4 Å². The van der Waals surface area contributed by atoms with Gasteiger partial charge in [-0.3, -0.25) is 37.3 Å². The van der Waals surface area contributed by atoms with Crippen LogP contribution in [0.2, 0.25) is 0 Å². The first kappa shape index (κ1) is 81.1. The first-order valence-electron chi connectivity index (χ1n) is 33.4. The van der Waals surface area contributed by atoms with Crippen LogP contribution in [0.1, 0.15) is 312 Å². The van der Waals surface area contributed by atoms with Gasteiger partial charge in [0.2, 0.25) is 0 Å². The van der Waals surface area contributed by atoms with Gasteiger partial charge in [0.25, 0.3) is 0 Å². The van der Waals surface area contributed by atoms with Crippen molar-refractivity contribution in [3.05, 3.63) is 0 Å². The van der Waals surface area contributed by atoms with E-state index in [0.29, 0.717) is 25.7 Å². The smallest absolute Gasteiger partial charge is 0.462 e. The van der Waals surface area contributed by atoms with E-state index in [0.717, 1.165) is 114 Å². The lowest BCUT2D eigenvalue weighted by molar-refractivity contribution is -0.161. The Hall–Kier alpha value is -1.94. The molecule has 0 radical (unpaired) electrons. The van der Waals surface area contributed by atoms with Crippen LogP contribution in [0.3, 0.4) is 0 Å². The molecule has 0 aromatic heterocycles. The number of carbonyl (C=O) groups excluding carboxylic acids is 4. The van der Waals surface area contributed by atoms with Crippen LogP contribution in [0, 0.1) is 17.8 Å². The molecule has 17 nitrogen and oxygen atoms in total. The third kappa shape index (κ3) is 57.6. The number of hydrogen-bond acceptors (Lipinski definition) is 15. The maximum absolute atomic E-state index is 13.0. The minimum atomic E-state index is -4.95. The third-order valence-electron chi connectivity index (χ3n) is 15.0. The SMILES string of the molecule is CCCCCCCCCCC(=O)OC[C@H](COP(=O)(O)OC[C@H](O)COP(=O)(O)OC[C@@H](COC(=O)CCCCCCCCCCC(C)CC)OC(=O)CCCCCCCCCCCC(C)C)OC(=O)CCCCCCCCCCC(C)C. The summed E-state index contributed by atoms with van der Waals surface area (Å²) in [5.74, 6) is 0.0929. The maximum Gasteiger partial charge on any atom is 0.472 e. The van der Waals surface area contributed by atoms with Gasteiger partial charge in [0.1, 0.15) is 19.3 Å². The zero-order valence-corrected chi connectivity index (χ0v) is 55.4. The molecule has 0 aliphatic rings. The van der Waals surface area contributed by atoms with Crippen molar-refractivity contribution in [2.45, 2.75) is 330 Å². The summed E-state index contributed by atoms with van der Waals surface area (Å²) < 4.78 is 68.0. The molecule has 3 unspecified atom stereocenters. The molecule has 83 heavy (non-hydrogen) atoms. The summed E-state index contributed by atoms with van der Waals surface area (Å²) in [5.41, 5.74) is 0. The average molecular weight is 1230 g/mol. The van der Waals surface area contributed by atoms with E-state index in [2.05, 4.69) is 48.5 Å². The van der Waals surface area contributed by atoms with Crippen molar-refractivity contribution in [2.24, 2.45) is 17.8 Å². The third-order valence-corrected chi connectivity index (χ3v) is 16.9. The highest BCUT2D eigenvalue weighted by molar-refractivity contribution is 7.47. The van der Waals surface area contributed by atoms with Crippen LogP contribution in [-0.4, -0.2) is 96.7 Å². The number of carbonyl (C=O) groups is 4. The number of phosphoric ester groups is 2. The van der Waals surface area contributed by atoms with Crippen molar-refractivity contribution in [1.29, 1.82) is 0 Å². The number of rotatable bonds is 62. The van der Waals surface area contributed by atoms with Gasteiger partial charge >= 0.3 is 39.5 Å². The Morgan fingerprint density at radius 2 is 0.614 bits per heavy atom. The van der Waals surface area contributed by atoms with Crippen LogP contribution >= 0.6 is 15.6 Å². The molecular formula is C64H124O17P2. The monoisotopic (exact) mass is 1230 g/mol. The van der Waals surface area contributed by atoms with Gasteiger partial charge in [-0.15, -0.1) is 0 Å². The highest BCUT2D eigenvalue weighted by atomic mass is 31.2. The van der Waals surface area contributed by atoms with Gasteiger partial charge in [-0.25, -0.2) is 9.13 Å².